The number of anilines is 1. The largest absolute Gasteiger partial charge is 0.382 e. The Balaban J connectivity index is 2.23. The molecule has 1 aliphatic rings. The molecule has 1 fully saturated rings. The molecule has 0 unspecified atom stereocenters. The average Bonchev–Trinajstić information content (AvgIpc) is 2.51. The summed E-state index contributed by atoms with van der Waals surface area (Å²) in [6.07, 6.45) is 7.69. The lowest BCUT2D eigenvalue weighted by molar-refractivity contribution is 0.581. The minimum absolute atomic E-state index is 0.524. The van der Waals surface area contributed by atoms with Crippen molar-refractivity contribution < 1.29 is 0 Å². The summed E-state index contributed by atoms with van der Waals surface area (Å²) < 4.78 is 1.50. The van der Waals surface area contributed by atoms with Gasteiger partial charge in [0.15, 0.2) is 0 Å². The third kappa shape index (κ3) is 1.94. The van der Waals surface area contributed by atoms with E-state index in [2.05, 4.69) is 4.98 Å². The highest BCUT2D eigenvalue weighted by Gasteiger charge is 2.21. The van der Waals surface area contributed by atoms with Crippen LogP contribution in [0.2, 0.25) is 0 Å². The van der Waals surface area contributed by atoms with Gasteiger partial charge >= 0.3 is 0 Å². The van der Waals surface area contributed by atoms with E-state index in [4.69, 9.17) is 11.6 Å². The lowest BCUT2D eigenvalue weighted by atomic mass is 9.97. The molecule has 2 rings (SSSR count). The number of aryl methyl sites for hydroxylation is 1. The summed E-state index contributed by atoms with van der Waals surface area (Å²) >= 11 is 0. The Morgan fingerprint density at radius 1 is 1.20 bits per heavy atom. The zero-order valence-electron chi connectivity index (χ0n) is 9.37. The predicted molar refractivity (Wildman–Crippen MR) is 62.0 cm³/mol. The Bertz CT molecular complexity index is 335. The van der Waals surface area contributed by atoms with E-state index < -0.39 is 0 Å². The van der Waals surface area contributed by atoms with Crippen LogP contribution in [0.25, 0.3) is 0 Å². The molecule has 4 N–H and O–H groups in total. The lowest BCUT2D eigenvalue weighted by Crippen LogP contribution is -2.14. The number of nitrogens with two attached hydrogens (primary N) is 2. The maximum Gasteiger partial charge on any atom is 0.146 e. The zero-order chi connectivity index (χ0) is 10.8. The van der Waals surface area contributed by atoms with E-state index in [1.54, 1.807) is 0 Å². The number of hydrogen-bond donors (Lipinski definition) is 2. The minimum Gasteiger partial charge on any atom is -0.382 e. The highest BCUT2D eigenvalue weighted by molar-refractivity contribution is 5.40. The van der Waals surface area contributed by atoms with Crippen molar-refractivity contribution in [2.75, 3.05) is 11.6 Å². The summed E-state index contributed by atoms with van der Waals surface area (Å²) in [6, 6.07) is 0. The molecule has 0 amide bonds. The molecule has 0 radical (unpaired) electrons. The van der Waals surface area contributed by atoms with E-state index in [1.165, 1.54) is 43.2 Å². The first-order valence-corrected chi connectivity index (χ1v) is 5.80. The molecule has 4 nitrogen and oxygen atoms in total. The molecule has 0 atom stereocenters. The maximum absolute atomic E-state index is 5.96. The van der Waals surface area contributed by atoms with Crippen LogP contribution in [0.1, 0.15) is 56.0 Å². The standard InChI is InChI=1S/C11H20N4/c1-8-14-10(11(12)15(8)13)9-6-4-2-3-5-7-9/h9H,2-7,12-13H2,1H3. The topological polar surface area (TPSA) is 69.9 Å². The minimum atomic E-state index is 0.524. The highest BCUT2D eigenvalue weighted by atomic mass is 15.4. The molecule has 1 aromatic heterocycles. The van der Waals surface area contributed by atoms with Crippen LogP contribution in [0.4, 0.5) is 5.82 Å². The monoisotopic (exact) mass is 208 g/mol. The Kier molecular flexibility index (Phi) is 2.84. The van der Waals surface area contributed by atoms with Crippen LogP contribution in [0.15, 0.2) is 0 Å². The van der Waals surface area contributed by atoms with E-state index in [0.29, 0.717) is 11.7 Å². The van der Waals surface area contributed by atoms with Gasteiger partial charge in [-0.25, -0.2) is 9.66 Å². The third-order valence-electron chi connectivity index (χ3n) is 3.39. The molecule has 0 spiro atoms. The van der Waals surface area contributed by atoms with Crippen LogP contribution in [0.3, 0.4) is 0 Å². The SMILES string of the molecule is Cc1nc(C2CCCCCC2)c(N)n1N. The average molecular weight is 208 g/mol. The predicted octanol–water partition coefficient (Wildman–Crippen LogP) is 1.93. The maximum atomic E-state index is 5.96. The van der Waals surface area contributed by atoms with Crippen molar-refractivity contribution in [3.8, 4) is 0 Å². The van der Waals surface area contributed by atoms with Crippen LogP contribution in [0.5, 0.6) is 0 Å². The molecule has 15 heavy (non-hydrogen) atoms. The van der Waals surface area contributed by atoms with Gasteiger partial charge in [0.05, 0.1) is 5.69 Å². The van der Waals surface area contributed by atoms with Crippen molar-refractivity contribution >= 4 is 5.82 Å². The van der Waals surface area contributed by atoms with E-state index in [1.807, 2.05) is 6.92 Å². The summed E-state index contributed by atoms with van der Waals surface area (Å²) in [5.41, 5.74) is 6.99. The van der Waals surface area contributed by atoms with Gasteiger partial charge in [0.25, 0.3) is 0 Å². The van der Waals surface area contributed by atoms with Crippen LogP contribution >= 0.6 is 0 Å². The Labute approximate surface area is 90.6 Å². The zero-order valence-corrected chi connectivity index (χ0v) is 9.37. The van der Waals surface area contributed by atoms with Crippen molar-refractivity contribution in [2.24, 2.45) is 0 Å². The summed E-state index contributed by atoms with van der Waals surface area (Å²) in [5, 5.41) is 0. The lowest BCUT2D eigenvalue weighted by Gasteiger charge is -2.11. The molecular weight excluding hydrogens is 188 g/mol. The molecule has 0 bridgehead atoms. The van der Waals surface area contributed by atoms with Gasteiger partial charge in [-0.05, 0) is 19.8 Å². The van der Waals surface area contributed by atoms with E-state index in [-0.39, 0.29) is 0 Å². The first kappa shape index (κ1) is 10.3. The Morgan fingerprint density at radius 2 is 1.80 bits per heavy atom. The summed E-state index contributed by atoms with van der Waals surface area (Å²) in [6.45, 7) is 1.90. The summed E-state index contributed by atoms with van der Waals surface area (Å²) in [4.78, 5) is 4.49. The number of aromatic nitrogens is 2. The highest BCUT2D eigenvalue weighted by Crippen LogP contribution is 2.33. The fourth-order valence-corrected chi connectivity index (χ4v) is 2.44. The smallest absolute Gasteiger partial charge is 0.146 e. The van der Waals surface area contributed by atoms with Crippen LogP contribution in [-0.4, -0.2) is 9.66 Å². The quantitative estimate of drug-likeness (QED) is 0.547. The van der Waals surface area contributed by atoms with Gasteiger partial charge in [-0.2, -0.15) is 0 Å². The van der Waals surface area contributed by atoms with Crippen molar-refractivity contribution in [1.82, 2.24) is 9.66 Å². The number of nitrogen functional groups attached to an aromatic ring is 2. The van der Waals surface area contributed by atoms with Gasteiger partial charge in [-0.15, -0.1) is 0 Å². The normalized spacial score (nSPS) is 19.0. The van der Waals surface area contributed by atoms with Crippen LogP contribution < -0.4 is 11.6 Å². The summed E-state index contributed by atoms with van der Waals surface area (Å²) in [7, 11) is 0. The first-order valence-electron chi connectivity index (χ1n) is 5.80. The fourth-order valence-electron chi connectivity index (χ4n) is 2.44. The van der Waals surface area contributed by atoms with Crippen LogP contribution in [-0.2, 0) is 0 Å². The first-order chi connectivity index (χ1) is 7.20. The second-order valence-electron chi connectivity index (χ2n) is 4.49. The van der Waals surface area contributed by atoms with Gasteiger partial charge in [-0.1, -0.05) is 25.7 Å². The van der Waals surface area contributed by atoms with Gasteiger partial charge in [0.1, 0.15) is 11.6 Å². The van der Waals surface area contributed by atoms with E-state index >= 15 is 0 Å². The number of rotatable bonds is 1. The van der Waals surface area contributed by atoms with Gasteiger partial charge in [-0.3, -0.25) is 0 Å². The molecule has 84 valence electrons. The van der Waals surface area contributed by atoms with Gasteiger partial charge in [0, 0.05) is 5.92 Å². The molecule has 1 aliphatic carbocycles. The van der Waals surface area contributed by atoms with Gasteiger partial charge < -0.3 is 11.6 Å². The fraction of sp³-hybridized carbons (Fsp3) is 0.727. The van der Waals surface area contributed by atoms with Crippen molar-refractivity contribution in [3.63, 3.8) is 0 Å². The van der Waals surface area contributed by atoms with Crippen molar-refractivity contribution in [3.05, 3.63) is 11.5 Å². The Morgan fingerprint density at radius 3 is 2.27 bits per heavy atom. The Hall–Kier alpha value is -1.19. The number of imidazole rings is 1. The summed E-state index contributed by atoms with van der Waals surface area (Å²) in [5.74, 6) is 7.77. The second-order valence-corrected chi connectivity index (χ2v) is 4.49. The third-order valence-corrected chi connectivity index (χ3v) is 3.39. The molecule has 1 heterocycles. The molecule has 1 aromatic rings. The molecule has 0 saturated heterocycles. The second kappa shape index (κ2) is 4.13. The number of nitrogens with zero attached hydrogens (tertiary/aromatic N) is 2. The molecule has 0 aromatic carbocycles. The van der Waals surface area contributed by atoms with Gasteiger partial charge in [0.2, 0.25) is 0 Å². The van der Waals surface area contributed by atoms with Crippen LogP contribution in [0, 0.1) is 6.92 Å². The molecule has 0 aliphatic heterocycles. The number of hydrogen-bond acceptors (Lipinski definition) is 3. The van der Waals surface area contributed by atoms with Crippen molar-refractivity contribution in [1.29, 1.82) is 0 Å². The van der Waals surface area contributed by atoms with E-state index in [9.17, 15) is 0 Å². The molecular formula is C11H20N4. The van der Waals surface area contributed by atoms with E-state index in [0.717, 1.165) is 11.5 Å². The molecule has 1 saturated carbocycles. The van der Waals surface area contributed by atoms with Crippen molar-refractivity contribution in [2.45, 2.75) is 51.4 Å². The molecule has 4 heteroatoms.